The fourth-order valence-electron chi connectivity index (χ4n) is 3.38. The third-order valence-corrected chi connectivity index (χ3v) is 4.68. The first kappa shape index (κ1) is 15.2. The number of fused-ring (bicyclic) bond motifs is 2. The van der Waals surface area contributed by atoms with E-state index in [9.17, 15) is 9.59 Å². The summed E-state index contributed by atoms with van der Waals surface area (Å²) in [7, 11) is 0. The zero-order valence-corrected chi connectivity index (χ0v) is 13.4. The summed E-state index contributed by atoms with van der Waals surface area (Å²) in [4.78, 5) is 26.8. The molecule has 1 saturated heterocycles. The molecule has 2 aliphatic heterocycles. The smallest absolute Gasteiger partial charge is 0.325 e. The molecule has 1 fully saturated rings. The fraction of sp³-hybridized carbons (Fsp3) is 0.211. The van der Waals surface area contributed by atoms with Gasteiger partial charge in [-0.2, -0.15) is 5.26 Å². The van der Waals surface area contributed by atoms with E-state index >= 15 is 0 Å². The number of amides is 3. The monoisotopic (exact) mass is 333 g/mol. The summed E-state index contributed by atoms with van der Waals surface area (Å²) in [6.45, 7) is 0.537. The van der Waals surface area contributed by atoms with Gasteiger partial charge in [-0.05, 0) is 23.8 Å². The van der Waals surface area contributed by atoms with Gasteiger partial charge in [0.05, 0.1) is 24.8 Å². The van der Waals surface area contributed by atoms with Crippen LogP contribution in [-0.4, -0.2) is 23.4 Å². The molecule has 1 N–H and O–H groups in total. The summed E-state index contributed by atoms with van der Waals surface area (Å²) in [5.74, 6) is 0.361. The normalized spacial score (nSPS) is 21.5. The van der Waals surface area contributed by atoms with E-state index in [4.69, 9.17) is 10.00 Å². The van der Waals surface area contributed by atoms with Crippen LogP contribution in [0.1, 0.15) is 23.1 Å². The number of benzene rings is 2. The third-order valence-electron chi connectivity index (χ3n) is 4.68. The van der Waals surface area contributed by atoms with Crippen LogP contribution in [0.2, 0.25) is 0 Å². The highest BCUT2D eigenvalue weighted by molar-refractivity contribution is 6.07. The van der Waals surface area contributed by atoms with Crippen molar-refractivity contribution in [2.75, 3.05) is 6.61 Å². The van der Waals surface area contributed by atoms with Gasteiger partial charge in [-0.1, -0.05) is 30.3 Å². The molecule has 124 valence electrons. The van der Waals surface area contributed by atoms with Crippen LogP contribution >= 0.6 is 0 Å². The molecule has 6 nitrogen and oxygen atoms in total. The van der Waals surface area contributed by atoms with Crippen LogP contribution in [0.5, 0.6) is 5.75 Å². The first-order chi connectivity index (χ1) is 12.1. The van der Waals surface area contributed by atoms with E-state index in [1.807, 2.05) is 24.3 Å². The fourth-order valence-corrected chi connectivity index (χ4v) is 3.38. The highest BCUT2D eigenvalue weighted by atomic mass is 16.5. The molecule has 6 heteroatoms. The molecule has 2 aliphatic rings. The average Bonchev–Trinajstić information content (AvgIpc) is 2.88. The maximum absolute atomic E-state index is 13.1. The lowest BCUT2D eigenvalue weighted by molar-refractivity contribution is -0.133. The third kappa shape index (κ3) is 2.32. The molecule has 2 aromatic rings. The van der Waals surface area contributed by atoms with Crippen molar-refractivity contribution in [3.63, 3.8) is 0 Å². The lowest BCUT2D eigenvalue weighted by Gasteiger charge is -2.33. The van der Waals surface area contributed by atoms with Crippen LogP contribution in [0, 0.1) is 11.3 Å². The van der Waals surface area contributed by atoms with Crippen molar-refractivity contribution in [1.29, 1.82) is 5.26 Å². The second kappa shape index (κ2) is 5.64. The highest BCUT2D eigenvalue weighted by Crippen LogP contribution is 2.41. The lowest BCUT2D eigenvalue weighted by Crippen LogP contribution is -2.47. The number of carbonyl (C=O) groups is 2. The summed E-state index contributed by atoms with van der Waals surface area (Å²) < 4.78 is 5.62. The van der Waals surface area contributed by atoms with Crippen LogP contribution in [0.15, 0.2) is 48.5 Å². The number of nitrogens with one attached hydrogen (secondary N) is 1. The minimum atomic E-state index is -1.06. The number of imide groups is 1. The summed E-state index contributed by atoms with van der Waals surface area (Å²) in [5, 5.41) is 11.7. The van der Waals surface area contributed by atoms with Gasteiger partial charge in [0.2, 0.25) is 0 Å². The number of hydrogen-bond donors (Lipinski definition) is 1. The Morgan fingerprint density at radius 1 is 1.16 bits per heavy atom. The van der Waals surface area contributed by atoms with Gasteiger partial charge in [0.25, 0.3) is 5.91 Å². The molecule has 1 atom stereocenters. The number of para-hydroxylation sites is 1. The molecular formula is C19H15N3O3. The number of rotatable bonds is 2. The summed E-state index contributed by atoms with van der Waals surface area (Å²) in [5.41, 5.74) is 0.969. The van der Waals surface area contributed by atoms with E-state index in [-0.39, 0.29) is 12.5 Å². The largest absolute Gasteiger partial charge is 0.493 e. The first-order valence-electron chi connectivity index (χ1n) is 7.99. The number of ether oxygens (including phenoxy) is 1. The number of carbonyl (C=O) groups excluding carboxylic acids is 2. The number of urea groups is 1. The summed E-state index contributed by atoms with van der Waals surface area (Å²) in [6.07, 6.45) is 0.401. The van der Waals surface area contributed by atoms with Crippen LogP contribution in [0.25, 0.3) is 0 Å². The Labute approximate surface area is 144 Å². The molecule has 0 aliphatic carbocycles. The van der Waals surface area contributed by atoms with Crippen LogP contribution < -0.4 is 10.1 Å². The zero-order chi connectivity index (χ0) is 17.4. The molecule has 0 aromatic heterocycles. The molecule has 2 heterocycles. The molecule has 0 unspecified atom stereocenters. The summed E-state index contributed by atoms with van der Waals surface area (Å²) in [6, 6.07) is 15.8. The Hall–Kier alpha value is -3.33. The van der Waals surface area contributed by atoms with E-state index in [2.05, 4.69) is 5.32 Å². The van der Waals surface area contributed by atoms with Gasteiger partial charge in [-0.3, -0.25) is 9.69 Å². The standard InChI is InChI=1S/C19H15N3O3/c20-11-13-5-7-14(8-6-13)12-22-17(23)19(21-18(22)24)9-10-25-16-4-2-1-3-15(16)19/h1-8H,9-10,12H2,(H,21,24)/t19-/m0/s1. The van der Waals surface area contributed by atoms with Crippen molar-refractivity contribution in [2.24, 2.45) is 0 Å². The van der Waals surface area contributed by atoms with Crippen LogP contribution in [-0.2, 0) is 16.9 Å². The quantitative estimate of drug-likeness (QED) is 0.855. The highest BCUT2D eigenvalue weighted by Gasteiger charge is 2.54. The Morgan fingerprint density at radius 2 is 1.92 bits per heavy atom. The lowest BCUT2D eigenvalue weighted by atomic mass is 9.84. The molecule has 0 radical (unpaired) electrons. The van der Waals surface area contributed by atoms with Gasteiger partial charge in [-0.25, -0.2) is 4.79 Å². The molecule has 4 rings (SSSR count). The Bertz CT molecular complexity index is 901. The predicted octanol–water partition coefficient (Wildman–Crippen LogP) is 2.29. The van der Waals surface area contributed by atoms with Gasteiger partial charge in [0, 0.05) is 12.0 Å². The van der Waals surface area contributed by atoms with E-state index < -0.39 is 11.6 Å². The number of hydrogen-bond acceptors (Lipinski definition) is 4. The van der Waals surface area contributed by atoms with E-state index in [1.54, 1.807) is 30.3 Å². The Kier molecular flexibility index (Phi) is 3.43. The van der Waals surface area contributed by atoms with Crippen molar-refractivity contribution in [2.45, 2.75) is 18.5 Å². The van der Waals surface area contributed by atoms with Gasteiger partial charge >= 0.3 is 6.03 Å². The van der Waals surface area contributed by atoms with E-state index in [1.165, 1.54) is 4.90 Å². The molecule has 0 bridgehead atoms. The van der Waals surface area contributed by atoms with Crippen molar-refractivity contribution in [3.8, 4) is 11.8 Å². The average molecular weight is 333 g/mol. The summed E-state index contributed by atoms with van der Waals surface area (Å²) >= 11 is 0. The minimum Gasteiger partial charge on any atom is -0.493 e. The van der Waals surface area contributed by atoms with Crippen molar-refractivity contribution in [3.05, 3.63) is 65.2 Å². The van der Waals surface area contributed by atoms with Crippen LogP contribution in [0.3, 0.4) is 0 Å². The molecule has 0 saturated carbocycles. The maximum Gasteiger partial charge on any atom is 0.325 e. The molecule has 3 amide bonds. The minimum absolute atomic E-state index is 0.168. The number of nitriles is 1. The second-order valence-corrected chi connectivity index (χ2v) is 6.13. The van der Waals surface area contributed by atoms with Gasteiger partial charge < -0.3 is 10.1 Å². The van der Waals surface area contributed by atoms with Gasteiger partial charge in [0.15, 0.2) is 5.54 Å². The number of nitrogens with zero attached hydrogens (tertiary/aromatic N) is 2. The van der Waals surface area contributed by atoms with Crippen LogP contribution in [0.4, 0.5) is 4.79 Å². The first-order valence-corrected chi connectivity index (χ1v) is 7.99. The van der Waals surface area contributed by atoms with Gasteiger partial charge in [0.1, 0.15) is 5.75 Å². The second-order valence-electron chi connectivity index (χ2n) is 6.13. The van der Waals surface area contributed by atoms with Gasteiger partial charge in [-0.15, -0.1) is 0 Å². The molecular weight excluding hydrogens is 318 g/mol. The SMILES string of the molecule is N#Cc1ccc(CN2C(=O)N[C@]3(CCOc4ccccc43)C2=O)cc1. The van der Waals surface area contributed by atoms with E-state index in [0.29, 0.717) is 29.9 Å². The van der Waals surface area contributed by atoms with Crippen molar-refractivity contribution in [1.82, 2.24) is 10.2 Å². The van der Waals surface area contributed by atoms with Crippen molar-refractivity contribution < 1.29 is 14.3 Å². The zero-order valence-electron chi connectivity index (χ0n) is 13.4. The van der Waals surface area contributed by atoms with Crippen molar-refractivity contribution >= 4 is 11.9 Å². The Morgan fingerprint density at radius 3 is 2.68 bits per heavy atom. The molecule has 25 heavy (non-hydrogen) atoms. The maximum atomic E-state index is 13.1. The Balaban J connectivity index is 1.66. The molecule has 1 spiro atoms. The molecule has 2 aromatic carbocycles. The topological polar surface area (TPSA) is 82.4 Å². The van der Waals surface area contributed by atoms with E-state index in [0.717, 1.165) is 5.56 Å². The predicted molar refractivity (Wildman–Crippen MR) is 88.5 cm³/mol.